The lowest BCUT2D eigenvalue weighted by Gasteiger charge is -2.19. The Balaban J connectivity index is 2.14. The molecule has 14 heavy (non-hydrogen) atoms. The van der Waals surface area contributed by atoms with Crippen molar-refractivity contribution in [3.8, 4) is 0 Å². The normalized spacial score (nSPS) is 18.7. The summed E-state index contributed by atoms with van der Waals surface area (Å²) in [5.41, 5.74) is 6.75. The van der Waals surface area contributed by atoms with Crippen molar-refractivity contribution in [2.75, 3.05) is 13.2 Å². The molecule has 1 aliphatic rings. The molecule has 0 saturated carbocycles. The molecule has 1 aromatic rings. The Morgan fingerprint density at radius 1 is 1.50 bits per heavy atom. The fraction of sp³-hybridized carbons (Fsp3) is 0.700. The minimum atomic E-state index is 0.604. The third-order valence-electron chi connectivity index (χ3n) is 2.67. The molecule has 4 heteroatoms. The molecule has 0 unspecified atom stereocenters. The van der Waals surface area contributed by atoms with Crippen LogP contribution < -0.4 is 5.73 Å². The number of thiazole rings is 1. The van der Waals surface area contributed by atoms with Gasteiger partial charge in [-0.1, -0.05) is 0 Å². The fourth-order valence-electron chi connectivity index (χ4n) is 1.76. The van der Waals surface area contributed by atoms with Gasteiger partial charge in [0.15, 0.2) is 0 Å². The van der Waals surface area contributed by atoms with E-state index >= 15 is 0 Å². The van der Waals surface area contributed by atoms with Gasteiger partial charge in [-0.3, -0.25) is 0 Å². The third kappa shape index (κ3) is 1.97. The number of aryl methyl sites for hydroxylation is 1. The van der Waals surface area contributed by atoms with Gasteiger partial charge in [-0.25, -0.2) is 4.98 Å². The monoisotopic (exact) mass is 212 g/mol. The van der Waals surface area contributed by atoms with Crippen molar-refractivity contribution in [2.45, 2.75) is 32.2 Å². The molecular weight excluding hydrogens is 196 g/mol. The summed E-state index contributed by atoms with van der Waals surface area (Å²) in [7, 11) is 0. The predicted molar refractivity (Wildman–Crippen MR) is 57.5 cm³/mol. The van der Waals surface area contributed by atoms with Crippen LogP contribution in [-0.2, 0) is 11.3 Å². The van der Waals surface area contributed by atoms with Crippen LogP contribution in [0.2, 0.25) is 0 Å². The highest BCUT2D eigenvalue weighted by molar-refractivity contribution is 7.11. The van der Waals surface area contributed by atoms with E-state index in [1.807, 2.05) is 6.92 Å². The number of hydrogen-bond donors (Lipinski definition) is 1. The van der Waals surface area contributed by atoms with E-state index < -0.39 is 0 Å². The van der Waals surface area contributed by atoms with Crippen molar-refractivity contribution >= 4 is 11.3 Å². The van der Waals surface area contributed by atoms with E-state index in [9.17, 15) is 0 Å². The maximum absolute atomic E-state index is 5.64. The molecule has 0 spiro atoms. The Bertz CT molecular complexity index is 305. The predicted octanol–water partition coefficient (Wildman–Crippen LogP) is 1.80. The van der Waals surface area contributed by atoms with Crippen molar-refractivity contribution in [1.82, 2.24) is 4.98 Å². The molecule has 78 valence electrons. The zero-order valence-corrected chi connectivity index (χ0v) is 9.27. The molecule has 2 N–H and O–H groups in total. The fourth-order valence-corrected chi connectivity index (χ4v) is 2.87. The van der Waals surface area contributed by atoms with Crippen LogP contribution in [0.1, 0.15) is 34.3 Å². The Morgan fingerprint density at radius 2 is 2.21 bits per heavy atom. The second-order valence-corrected chi connectivity index (χ2v) is 4.77. The molecule has 2 rings (SSSR count). The van der Waals surface area contributed by atoms with Gasteiger partial charge in [0.05, 0.1) is 10.7 Å². The maximum Gasteiger partial charge on any atom is 0.0964 e. The second kappa shape index (κ2) is 4.38. The van der Waals surface area contributed by atoms with Gasteiger partial charge in [0.2, 0.25) is 0 Å². The Hall–Kier alpha value is -0.450. The molecule has 0 aromatic carbocycles. The first kappa shape index (κ1) is 10.1. The van der Waals surface area contributed by atoms with Gasteiger partial charge in [0, 0.05) is 30.6 Å². The standard InChI is InChI=1S/C10H16N2OS/c1-7-9(6-11)14-10(12-7)8-2-4-13-5-3-8/h8H,2-6,11H2,1H3. The number of ether oxygens (including phenoxy) is 1. The molecule has 1 fully saturated rings. The van der Waals surface area contributed by atoms with Crippen LogP contribution in [0.25, 0.3) is 0 Å². The molecular formula is C10H16N2OS. The quantitative estimate of drug-likeness (QED) is 0.813. The van der Waals surface area contributed by atoms with Gasteiger partial charge in [0.1, 0.15) is 0 Å². The molecule has 2 heterocycles. The largest absolute Gasteiger partial charge is 0.381 e. The highest BCUT2D eigenvalue weighted by atomic mass is 32.1. The van der Waals surface area contributed by atoms with E-state index in [1.165, 1.54) is 9.88 Å². The van der Waals surface area contributed by atoms with Crippen molar-refractivity contribution < 1.29 is 4.74 Å². The van der Waals surface area contributed by atoms with Gasteiger partial charge in [-0.2, -0.15) is 0 Å². The van der Waals surface area contributed by atoms with Gasteiger partial charge in [-0.05, 0) is 19.8 Å². The second-order valence-electron chi connectivity index (χ2n) is 3.65. The lowest BCUT2D eigenvalue weighted by atomic mass is 10.0. The molecule has 0 atom stereocenters. The first-order valence-corrected chi connectivity index (χ1v) is 5.87. The minimum Gasteiger partial charge on any atom is -0.381 e. The summed E-state index contributed by atoms with van der Waals surface area (Å²) in [5, 5.41) is 1.26. The molecule has 0 amide bonds. The van der Waals surface area contributed by atoms with E-state index in [0.717, 1.165) is 31.7 Å². The minimum absolute atomic E-state index is 0.604. The summed E-state index contributed by atoms with van der Waals surface area (Å²) < 4.78 is 5.34. The van der Waals surface area contributed by atoms with Crippen LogP contribution in [0, 0.1) is 6.92 Å². The first-order valence-electron chi connectivity index (χ1n) is 5.05. The summed E-state index contributed by atoms with van der Waals surface area (Å²) in [6, 6.07) is 0. The molecule has 1 aliphatic heterocycles. The van der Waals surface area contributed by atoms with Crippen molar-refractivity contribution in [3.63, 3.8) is 0 Å². The summed E-state index contributed by atoms with van der Waals surface area (Å²) in [6.07, 6.45) is 2.22. The number of nitrogens with two attached hydrogens (primary N) is 1. The van der Waals surface area contributed by atoms with E-state index in [2.05, 4.69) is 4.98 Å². The van der Waals surface area contributed by atoms with Crippen molar-refractivity contribution in [2.24, 2.45) is 5.73 Å². The molecule has 1 aromatic heterocycles. The highest BCUT2D eigenvalue weighted by Crippen LogP contribution is 2.31. The number of nitrogens with zero attached hydrogens (tertiary/aromatic N) is 1. The van der Waals surface area contributed by atoms with Crippen LogP contribution in [0.4, 0.5) is 0 Å². The number of aromatic nitrogens is 1. The lowest BCUT2D eigenvalue weighted by Crippen LogP contribution is -2.13. The van der Waals surface area contributed by atoms with Crippen molar-refractivity contribution in [3.05, 3.63) is 15.6 Å². The summed E-state index contributed by atoms with van der Waals surface area (Å²) in [5.74, 6) is 0.604. The molecule has 3 nitrogen and oxygen atoms in total. The summed E-state index contributed by atoms with van der Waals surface area (Å²) in [6.45, 7) is 4.41. The van der Waals surface area contributed by atoms with Gasteiger partial charge in [0.25, 0.3) is 0 Å². The molecule has 0 radical (unpaired) electrons. The van der Waals surface area contributed by atoms with E-state index in [0.29, 0.717) is 12.5 Å². The number of rotatable bonds is 2. The smallest absolute Gasteiger partial charge is 0.0964 e. The number of hydrogen-bond acceptors (Lipinski definition) is 4. The zero-order chi connectivity index (χ0) is 9.97. The van der Waals surface area contributed by atoms with E-state index in [4.69, 9.17) is 10.5 Å². The van der Waals surface area contributed by atoms with Gasteiger partial charge < -0.3 is 10.5 Å². The van der Waals surface area contributed by atoms with Crippen molar-refractivity contribution in [1.29, 1.82) is 0 Å². The lowest BCUT2D eigenvalue weighted by molar-refractivity contribution is 0.0852. The average Bonchev–Trinajstić information content (AvgIpc) is 2.61. The maximum atomic E-state index is 5.64. The zero-order valence-electron chi connectivity index (χ0n) is 8.45. The van der Waals surface area contributed by atoms with Crippen LogP contribution in [0.3, 0.4) is 0 Å². The SMILES string of the molecule is Cc1nc(C2CCOCC2)sc1CN. The Kier molecular flexibility index (Phi) is 3.15. The first-order chi connectivity index (χ1) is 6.81. The Morgan fingerprint density at radius 3 is 2.79 bits per heavy atom. The van der Waals surface area contributed by atoms with Crippen LogP contribution in [-0.4, -0.2) is 18.2 Å². The van der Waals surface area contributed by atoms with Gasteiger partial charge in [-0.15, -0.1) is 11.3 Å². The third-order valence-corrected chi connectivity index (χ3v) is 4.01. The average molecular weight is 212 g/mol. The topological polar surface area (TPSA) is 48.1 Å². The van der Waals surface area contributed by atoms with Crippen LogP contribution in [0.5, 0.6) is 0 Å². The summed E-state index contributed by atoms with van der Waals surface area (Å²) >= 11 is 1.77. The van der Waals surface area contributed by atoms with Crippen LogP contribution in [0.15, 0.2) is 0 Å². The molecule has 1 saturated heterocycles. The molecule has 0 aliphatic carbocycles. The molecule has 0 bridgehead atoms. The summed E-state index contributed by atoms with van der Waals surface area (Å²) in [4.78, 5) is 5.82. The van der Waals surface area contributed by atoms with Gasteiger partial charge >= 0.3 is 0 Å². The Labute approximate surface area is 88.3 Å². The highest BCUT2D eigenvalue weighted by Gasteiger charge is 2.20. The van der Waals surface area contributed by atoms with E-state index in [-0.39, 0.29) is 0 Å². The van der Waals surface area contributed by atoms with E-state index in [1.54, 1.807) is 11.3 Å². The van der Waals surface area contributed by atoms with Crippen LogP contribution >= 0.6 is 11.3 Å².